The molecule has 0 saturated carbocycles. The predicted octanol–water partition coefficient (Wildman–Crippen LogP) is 2.18. The van der Waals surface area contributed by atoms with Crippen molar-refractivity contribution >= 4 is 58.2 Å². The molecule has 15 heteroatoms. The molecule has 262 valence electrons. The van der Waals surface area contributed by atoms with E-state index in [9.17, 15) is 28.8 Å². The molecule has 2 rings (SSSR count). The van der Waals surface area contributed by atoms with Crippen molar-refractivity contribution in [2.45, 2.75) is 123 Å². The molecule has 0 aromatic heterocycles. The summed E-state index contributed by atoms with van der Waals surface area (Å²) in [6, 6.07) is -0.687. The highest BCUT2D eigenvalue weighted by Gasteiger charge is 2.51. The third-order valence-electron chi connectivity index (χ3n) is 7.66. The number of hydrogen-bond donors (Lipinski definition) is 2. The normalized spacial score (nSPS) is 25.8. The Hall–Kier alpha value is -2.53. The van der Waals surface area contributed by atoms with Crippen LogP contribution in [0.5, 0.6) is 0 Å². The summed E-state index contributed by atoms with van der Waals surface area (Å²) in [5, 5.41) is 5.56. The molecule has 2 saturated heterocycles. The van der Waals surface area contributed by atoms with Crippen LogP contribution < -0.4 is 10.6 Å². The maximum absolute atomic E-state index is 12.6. The lowest BCUT2D eigenvalue weighted by atomic mass is 9.96. The maximum Gasteiger partial charge on any atom is 0.303 e. The van der Waals surface area contributed by atoms with E-state index in [0.29, 0.717) is 37.8 Å². The Kier molecular flexibility index (Phi) is 17.8. The number of esters is 3. The van der Waals surface area contributed by atoms with Gasteiger partial charge in [0.2, 0.25) is 17.7 Å². The number of amides is 3. The van der Waals surface area contributed by atoms with Crippen LogP contribution in [0.15, 0.2) is 0 Å². The topological polar surface area (TPSA) is 176 Å². The van der Waals surface area contributed by atoms with Gasteiger partial charge in [-0.05, 0) is 38.0 Å². The molecule has 3 unspecified atom stereocenters. The Balaban J connectivity index is 1.79. The number of carbonyl (C=O) groups is 6. The molecule has 2 aliphatic rings. The summed E-state index contributed by atoms with van der Waals surface area (Å²) in [5.74, 6) is -1.74. The number of halogens is 1. The molecule has 3 amide bonds. The minimum absolute atomic E-state index is 0.0855. The van der Waals surface area contributed by atoms with E-state index in [1.165, 1.54) is 27.7 Å². The Labute approximate surface area is 284 Å². The summed E-state index contributed by atoms with van der Waals surface area (Å²) in [6.45, 7) is 8.21. The van der Waals surface area contributed by atoms with E-state index < -0.39 is 54.5 Å². The van der Waals surface area contributed by atoms with E-state index in [2.05, 4.69) is 40.1 Å². The van der Waals surface area contributed by atoms with Gasteiger partial charge in [0.15, 0.2) is 18.5 Å². The van der Waals surface area contributed by atoms with Crippen LogP contribution in [-0.4, -0.2) is 108 Å². The van der Waals surface area contributed by atoms with Crippen LogP contribution in [0.1, 0.15) is 86.0 Å². The second-order valence-electron chi connectivity index (χ2n) is 11.9. The fourth-order valence-corrected chi connectivity index (χ4v) is 6.50. The molecule has 0 aromatic carbocycles. The van der Waals surface area contributed by atoms with Gasteiger partial charge in [0.25, 0.3) is 0 Å². The van der Waals surface area contributed by atoms with Crippen LogP contribution in [0.25, 0.3) is 0 Å². The highest BCUT2D eigenvalue weighted by molar-refractivity contribution is 14.1. The zero-order valence-corrected chi connectivity index (χ0v) is 29.7. The summed E-state index contributed by atoms with van der Waals surface area (Å²) >= 11 is 2.35. The van der Waals surface area contributed by atoms with E-state index in [4.69, 9.17) is 23.7 Å². The van der Waals surface area contributed by atoms with Gasteiger partial charge < -0.3 is 39.2 Å². The second kappa shape index (κ2) is 20.7. The number of carbonyl (C=O) groups excluding carboxylic acids is 6. The van der Waals surface area contributed by atoms with E-state index in [1.807, 2.05) is 4.90 Å². The first-order valence-electron chi connectivity index (χ1n) is 16.0. The molecule has 7 atom stereocenters. The largest absolute Gasteiger partial charge is 0.463 e. The number of nitrogens with zero attached hydrogens (tertiary/aromatic N) is 1. The number of nitrogens with one attached hydrogen (secondary N) is 2. The number of likely N-dealkylation sites (tertiary alicyclic amines) is 1. The second-order valence-corrected chi connectivity index (χ2v) is 12.8. The molecule has 46 heavy (non-hydrogen) atoms. The number of rotatable bonds is 18. The van der Waals surface area contributed by atoms with Crippen molar-refractivity contribution in [3.63, 3.8) is 0 Å². The molecule has 0 aromatic rings. The molecule has 2 N–H and O–H groups in total. The third-order valence-corrected chi connectivity index (χ3v) is 8.68. The molecule has 14 nitrogen and oxygen atoms in total. The van der Waals surface area contributed by atoms with E-state index >= 15 is 0 Å². The molecular formula is C31H50IN3O11. The minimum atomic E-state index is -1.19. The maximum atomic E-state index is 12.6. The average Bonchev–Trinajstić information content (AvgIpc) is 3.36. The van der Waals surface area contributed by atoms with Gasteiger partial charge in [0.05, 0.1) is 0 Å². The first kappa shape index (κ1) is 39.6. The molecule has 0 radical (unpaired) electrons. The minimum Gasteiger partial charge on any atom is -0.463 e. The first-order chi connectivity index (χ1) is 21.8. The molecular weight excluding hydrogens is 717 g/mol. The Morgan fingerprint density at radius 3 is 2.17 bits per heavy atom. The van der Waals surface area contributed by atoms with Crippen molar-refractivity contribution in [3.8, 4) is 0 Å². The lowest BCUT2D eigenvalue weighted by Gasteiger charge is -2.44. The molecule has 0 aliphatic carbocycles. The zero-order valence-electron chi connectivity index (χ0n) is 27.5. The van der Waals surface area contributed by atoms with E-state index in [0.717, 1.165) is 36.7 Å². The van der Waals surface area contributed by atoms with Gasteiger partial charge in [-0.25, -0.2) is 0 Å². The van der Waals surface area contributed by atoms with Crippen molar-refractivity contribution < 1.29 is 52.5 Å². The van der Waals surface area contributed by atoms with Gasteiger partial charge in [-0.3, -0.25) is 28.8 Å². The van der Waals surface area contributed by atoms with E-state index in [1.54, 1.807) is 0 Å². The Morgan fingerprint density at radius 1 is 0.870 bits per heavy atom. The SMILES string of the molecule is CC(=O)NC1C(OC(C)=O)[C@@H](OC(C)=O)C(COC(C)=O)O[C@H]1OCCCCC(=O)NCCCCCC(=O)N1C[C@H](C)C[C@H]1CI. The number of ether oxygens (including phenoxy) is 5. The highest BCUT2D eigenvalue weighted by atomic mass is 127. The van der Waals surface area contributed by atoms with Gasteiger partial charge in [-0.2, -0.15) is 0 Å². The van der Waals surface area contributed by atoms with Crippen LogP contribution >= 0.6 is 22.6 Å². The lowest BCUT2D eigenvalue weighted by Crippen LogP contribution is -2.66. The Bertz CT molecular complexity index is 1050. The van der Waals surface area contributed by atoms with Crippen LogP contribution in [0.2, 0.25) is 0 Å². The monoisotopic (exact) mass is 767 g/mol. The number of unbranched alkanes of at least 4 members (excludes halogenated alkanes) is 3. The first-order valence-corrected chi connectivity index (χ1v) is 17.5. The van der Waals surface area contributed by atoms with Crippen molar-refractivity contribution in [2.24, 2.45) is 5.92 Å². The van der Waals surface area contributed by atoms with Crippen molar-refractivity contribution in [1.82, 2.24) is 15.5 Å². The summed E-state index contributed by atoms with van der Waals surface area (Å²) < 4.78 is 28.7. The highest BCUT2D eigenvalue weighted by Crippen LogP contribution is 2.28. The molecule has 0 spiro atoms. The predicted molar refractivity (Wildman–Crippen MR) is 173 cm³/mol. The fourth-order valence-electron chi connectivity index (χ4n) is 5.66. The smallest absolute Gasteiger partial charge is 0.303 e. The van der Waals surface area contributed by atoms with Crippen LogP contribution in [0.4, 0.5) is 0 Å². The quantitative estimate of drug-likeness (QED) is 0.0688. The van der Waals surface area contributed by atoms with Gasteiger partial charge in [-0.1, -0.05) is 35.9 Å². The van der Waals surface area contributed by atoms with Crippen LogP contribution in [0.3, 0.4) is 0 Å². The number of alkyl halides is 1. The molecule has 0 bridgehead atoms. The summed E-state index contributed by atoms with van der Waals surface area (Å²) in [7, 11) is 0. The van der Waals surface area contributed by atoms with Crippen molar-refractivity contribution in [2.75, 3.05) is 30.7 Å². The van der Waals surface area contributed by atoms with Gasteiger partial charge in [0, 0.05) is 70.7 Å². The van der Waals surface area contributed by atoms with Crippen molar-refractivity contribution in [1.29, 1.82) is 0 Å². The van der Waals surface area contributed by atoms with Crippen LogP contribution in [-0.2, 0) is 52.5 Å². The van der Waals surface area contributed by atoms with Gasteiger partial charge in [-0.15, -0.1) is 0 Å². The lowest BCUT2D eigenvalue weighted by molar-refractivity contribution is -0.277. The summed E-state index contributed by atoms with van der Waals surface area (Å²) in [4.78, 5) is 74.2. The molecule has 2 fully saturated rings. The third kappa shape index (κ3) is 14.1. The average molecular weight is 768 g/mol. The molecule has 2 aliphatic heterocycles. The summed E-state index contributed by atoms with van der Waals surface area (Å²) in [5.41, 5.74) is 0. The Morgan fingerprint density at radius 2 is 1.54 bits per heavy atom. The standard InChI is InChI=1S/C31H50IN3O11/c1-19-15-24(16-32)35(17-19)27(41)12-7-6-9-13-33-26(40)11-8-10-14-42-31-28(34-20(2)36)30(45-23(5)39)29(44-22(4)38)25(46-31)18-43-21(3)37/h19,24-25,28-31H,6-18H2,1-5H3,(H,33,40)(H,34,36)/t19-,24+,25?,28?,29+,30?,31-/m1/s1. The van der Waals surface area contributed by atoms with E-state index in [-0.39, 0.29) is 31.4 Å². The van der Waals surface area contributed by atoms with Gasteiger partial charge in [0.1, 0.15) is 18.8 Å². The number of hydrogen-bond acceptors (Lipinski definition) is 11. The zero-order chi connectivity index (χ0) is 34.2. The molecule has 2 heterocycles. The van der Waals surface area contributed by atoms with Crippen molar-refractivity contribution in [3.05, 3.63) is 0 Å². The summed E-state index contributed by atoms with van der Waals surface area (Å²) in [6.07, 6.45) is 0.792. The van der Waals surface area contributed by atoms with Crippen LogP contribution in [0, 0.1) is 5.92 Å². The van der Waals surface area contributed by atoms with Gasteiger partial charge >= 0.3 is 17.9 Å². The fraction of sp³-hybridized carbons (Fsp3) is 0.806.